The Balaban J connectivity index is 2.56. The Morgan fingerprint density at radius 3 is 2.62 bits per heavy atom. The molecule has 0 aromatic heterocycles. The van der Waals surface area contributed by atoms with Crippen LogP contribution in [-0.2, 0) is 0 Å². The van der Waals surface area contributed by atoms with Gasteiger partial charge in [-0.2, -0.15) is 0 Å². The number of nitrogens with two attached hydrogens (primary N) is 1. The van der Waals surface area contributed by atoms with Gasteiger partial charge in [0, 0.05) is 19.1 Å². The molecule has 2 amide bonds. The second-order valence-corrected chi connectivity index (χ2v) is 5.06. The van der Waals surface area contributed by atoms with Gasteiger partial charge in [-0.1, -0.05) is 12.8 Å². The molecule has 1 aliphatic rings. The normalized spacial score (nSPS) is 25.6. The molecule has 2 atom stereocenters. The van der Waals surface area contributed by atoms with Crippen LogP contribution in [-0.4, -0.2) is 36.6 Å². The third-order valence-corrected chi connectivity index (χ3v) is 3.40. The summed E-state index contributed by atoms with van der Waals surface area (Å²) in [5.41, 5.74) is 5.77. The summed E-state index contributed by atoms with van der Waals surface area (Å²) in [6.45, 7) is 4.64. The van der Waals surface area contributed by atoms with E-state index in [2.05, 4.69) is 5.32 Å². The molecule has 2 unspecified atom stereocenters. The summed E-state index contributed by atoms with van der Waals surface area (Å²) in [4.78, 5) is 13.7. The van der Waals surface area contributed by atoms with Crippen LogP contribution in [0.2, 0.25) is 0 Å². The summed E-state index contributed by atoms with van der Waals surface area (Å²) in [6.07, 6.45) is 4.70. The number of rotatable bonds is 3. The quantitative estimate of drug-likeness (QED) is 0.768. The number of nitrogens with one attached hydrogen (secondary N) is 1. The van der Waals surface area contributed by atoms with Gasteiger partial charge in [-0.15, -0.1) is 0 Å². The fourth-order valence-electron chi connectivity index (χ4n) is 2.47. The summed E-state index contributed by atoms with van der Waals surface area (Å²) >= 11 is 0. The van der Waals surface area contributed by atoms with E-state index < -0.39 is 0 Å². The van der Waals surface area contributed by atoms with Crippen molar-refractivity contribution >= 4 is 6.03 Å². The monoisotopic (exact) mass is 227 g/mol. The van der Waals surface area contributed by atoms with Crippen LogP contribution in [0.3, 0.4) is 0 Å². The molecule has 0 radical (unpaired) electrons. The van der Waals surface area contributed by atoms with Crippen molar-refractivity contribution in [3.05, 3.63) is 0 Å². The number of carbonyl (C=O) groups excluding carboxylic acids is 1. The van der Waals surface area contributed by atoms with Crippen molar-refractivity contribution in [2.45, 2.75) is 51.6 Å². The lowest BCUT2D eigenvalue weighted by atomic mass is 9.84. The largest absolute Gasteiger partial charge is 0.336 e. The molecule has 1 saturated carbocycles. The maximum Gasteiger partial charge on any atom is 0.317 e. The number of carbonyl (C=O) groups is 1. The van der Waals surface area contributed by atoms with Crippen molar-refractivity contribution in [1.29, 1.82) is 0 Å². The maximum atomic E-state index is 11.9. The topological polar surface area (TPSA) is 58.4 Å². The number of hydrogen-bond donors (Lipinski definition) is 2. The highest BCUT2D eigenvalue weighted by Gasteiger charge is 2.29. The van der Waals surface area contributed by atoms with Crippen LogP contribution in [0.1, 0.15) is 39.5 Å². The lowest BCUT2D eigenvalue weighted by Crippen LogP contribution is -2.50. The molecule has 0 aromatic carbocycles. The van der Waals surface area contributed by atoms with Gasteiger partial charge in [0.1, 0.15) is 0 Å². The number of amides is 2. The van der Waals surface area contributed by atoms with Crippen molar-refractivity contribution in [3.8, 4) is 0 Å². The zero-order chi connectivity index (χ0) is 12.1. The molecule has 0 saturated heterocycles. The van der Waals surface area contributed by atoms with Crippen molar-refractivity contribution in [2.75, 3.05) is 13.6 Å². The number of hydrogen-bond acceptors (Lipinski definition) is 2. The van der Waals surface area contributed by atoms with Crippen molar-refractivity contribution < 1.29 is 4.79 Å². The molecule has 1 rings (SSSR count). The summed E-state index contributed by atoms with van der Waals surface area (Å²) in [5, 5.41) is 2.93. The van der Waals surface area contributed by atoms with Crippen LogP contribution in [0.15, 0.2) is 0 Å². The second-order valence-electron chi connectivity index (χ2n) is 5.06. The summed E-state index contributed by atoms with van der Waals surface area (Å²) < 4.78 is 0. The molecular weight excluding hydrogens is 202 g/mol. The molecule has 4 nitrogen and oxygen atoms in total. The number of urea groups is 1. The molecule has 1 fully saturated rings. The van der Waals surface area contributed by atoms with Crippen molar-refractivity contribution in [2.24, 2.45) is 11.7 Å². The fraction of sp³-hybridized carbons (Fsp3) is 0.917. The first-order chi connectivity index (χ1) is 7.56. The molecule has 3 N–H and O–H groups in total. The first kappa shape index (κ1) is 13.3. The van der Waals surface area contributed by atoms with Gasteiger partial charge >= 0.3 is 6.03 Å². The Bertz CT molecular complexity index is 230. The average Bonchev–Trinajstić information content (AvgIpc) is 2.27. The van der Waals surface area contributed by atoms with Crippen LogP contribution in [0.4, 0.5) is 4.79 Å². The first-order valence-electron chi connectivity index (χ1n) is 6.29. The van der Waals surface area contributed by atoms with E-state index in [1.807, 2.05) is 25.8 Å². The van der Waals surface area contributed by atoms with E-state index in [1.54, 1.807) is 0 Å². The van der Waals surface area contributed by atoms with E-state index in [0.717, 1.165) is 12.8 Å². The van der Waals surface area contributed by atoms with E-state index in [-0.39, 0.29) is 12.1 Å². The van der Waals surface area contributed by atoms with Crippen molar-refractivity contribution in [3.63, 3.8) is 0 Å². The zero-order valence-electron chi connectivity index (χ0n) is 10.7. The molecule has 1 aliphatic carbocycles. The van der Waals surface area contributed by atoms with Crippen molar-refractivity contribution in [1.82, 2.24) is 10.2 Å². The maximum absolute atomic E-state index is 11.9. The second kappa shape index (κ2) is 6.09. The summed E-state index contributed by atoms with van der Waals surface area (Å²) in [6, 6.07) is 0.535. The lowest BCUT2D eigenvalue weighted by Gasteiger charge is -2.37. The van der Waals surface area contributed by atoms with Gasteiger partial charge in [0.15, 0.2) is 0 Å². The first-order valence-corrected chi connectivity index (χ1v) is 6.29. The minimum Gasteiger partial charge on any atom is -0.336 e. The summed E-state index contributed by atoms with van der Waals surface area (Å²) in [7, 11) is 1.89. The molecule has 0 heterocycles. The number of nitrogens with zero attached hydrogens (tertiary/aromatic N) is 1. The molecule has 0 aromatic rings. The highest BCUT2D eigenvalue weighted by Crippen LogP contribution is 2.27. The van der Waals surface area contributed by atoms with Gasteiger partial charge in [0.25, 0.3) is 0 Å². The van der Waals surface area contributed by atoms with E-state index >= 15 is 0 Å². The van der Waals surface area contributed by atoms with Crippen LogP contribution < -0.4 is 11.1 Å². The molecule has 4 heteroatoms. The van der Waals surface area contributed by atoms with Crippen LogP contribution in [0, 0.1) is 5.92 Å². The minimum atomic E-state index is 0.0281. The van der Waals surface area contributed by atoms with Gasteiger partial charge in [-0.05, 0) is 39.2 Å². The third-order valence-electron chi connectivity index (χ3n) is 3.40. The van der Waals surface area contributed by atoms with E-state index in [0.29, 0.717) is 18.5 Å². The molecule has 0 bridgehead atoms. The van der Waals surface area contributed by atoms with Gasteiger partial charge < -0.3 is 16.0 Å². The van der Waals surface area contributed by atoms with Gasteiger partial charge in [-0.3, -0.25) is 0 Å². The Morgan fingerprint density at radius 1 is 1.44 bits per heavy atom. The molecule has 0 aliphatic heterocycles. The van der Waals surface area contributed by atoms with Crippen LogP contribution in [0.5, 0.6) is 0 Å². The van der Waals surface area contributed by atoms with E-state index in [9.17, 15) is 4.79 Å². The SMILES string of the molecule is CC(C)NC(=O)N(C)C1CCCCC1CN. The van der Waals surface area contributed by atoms with Gasteiger partial charge in [0.2, 0.25) is 0 Å². The Hall–Kier alpha value is -0.770. The van der Waals surface area contributed by atoms with Crippen LogP contribution in [0.25, 0.3) is 0 Å². The minimum absolute atomic E-state index is 0.0281. The average molecular weight is 227 g/mol. The van der Waals surface area contributed by atoms with Gasteiger partial charge in [0.05, 0.1) is 0 Å². The Labute approximate surface area is 98.6 Å². The van der Waals surface area contributed by atoms with E-state index in [1.165, 1.54) is 12.8 Å². The Morgan fingerprint density at radius 2 is 2.06 bits per heavy atom. The lowest BCUT2D eigenvalue weighted by molar-refractivity contribution is 0.139. The smallest absolute Gasteiger partial charge is 0.317 e. The fourth-order valence-corrected chi connectivity index (χ4v) is 2.47. The predicted molar refractivity (Wildman–Crippen MR) is 66.2 cm³/mol. The predicted octanol–water partition coefficient (Wildman–Crippen LogP) is 1.55. The van der Waals surface area contributed by atoms with Gasteiger partial charge in [-0.25, -0.2) is 4.79 Å². The molecule has 0 spiro atoms. The third kappa shape index (κ3) is 3.37. The van der Waals surface area contributed by atoms with Crippen LogP contribution >= 0.6 is 0 Å². The Kier molecular flexibility index (Phi) is 5.06. The molecular formula is C12H25N3O. The molecule has 16 heavy (non-hydrogen) atoms. The zero-order valence-corrected chi connectivity index (χ0v) is 10.7. The standard InChI is InChI=1S/C12H25N3O/c1-9(2)14-12(16)15(3)11-7-5-4-6-10(11)8-13/h9-11H,4-8,13H2,1-3H3,(H,14,16). The highest BCUT2D eigenvalue weighted by atomic mass is 16.2. The molecule has 94 valence electrons. The highest BCUT2D eigenvalue weighted by molar-refractivity contribution is 5.74. The summed E-state index contributed by atoms with van der Waals surface area (Å²) in [5.74, 6) is 0.469. The van der Waals surface area contributed by atoms with E-state index in [4.69, 9.17) is 5.73 Å².